The van der Waals surface area contributed by atoms with Crippen molar-refractivity contribution in [2.45, 2.75) is 31.5 Å². The largest absolute Gasteiger partial charge is 0.438 e. The second-order valence-electron chi connectivity index (χ2n) is 8.76. The van der Waals surface area contributed by atoms with Gasteiger partial charge in [0, 0.05) is 31.5 Å². The molecule has 4 heterocycles. The zero-order chi connectivity index (χ0) is 23.3. The molecule has 1 aliphatic carbocycles. The number of furan rings is 1. The van der Waals surface area contributed by atoms with Gasteiger partial charge in [-0.05, 0) is 43.2 Å². The number of amides is 1. The zero-order valence-electron chi connectivity index (χ0n) is 17.6. The minimum Gasteiger partial charge on any atom is -0.438 e. The second kappa shape index (κ2) is 7.91. The number of carbonyl (C=O) groups excluding carboxylic acids is 1. The number of nitrogen functional groups attached to an aromatic ring is 1. The maximum atomic E-state index is 13.1. The predicted octanol–water partition coefficient (Wildman–Crippen LogP) is 3.64. The molecule has 1 saturated carbocycles. The highest BCUT2D eigenvalue weighted by atomic mass is 19.4. The molecule has 0 bridgehead atoms. The van der Waals surface area contributed by atoms with Gasteiger partial charge in [-0.25, -0.2) is 0 Å². The molecule has 2 aliphatic rings. The van der Waals surface area contributed by atoms with Crippen LogP contribution < -0.4 is 21.7 Å². The fourth-order valence-electron chi connectivity index (χ4n) is 4.60. The van der Waals surface area contributed by atoms with Crippen molar-refractivity contribution in [1.29, 1.82) is 0 Å². The van der Waals surface area contributed by atoms with Crippen LogP contribution in [-0.2, 0) is 6.18 Å². The highest BCUT2D eigenvalue weighted by Gasteiger charge is 2.37. The predicted molar refractivity (Wildman–Crippen MR) is 117 cm³/mol. The van der Waals surface area contributed by atoms with E-state index in [2.05, 4.69) is 20.2 Å². The summed E-state index contributed by atoms with van der Waals surface area (Å²) >= 11 is 0. The summed E-state index contributed by atoms with van der Waals surface area (Å²) in [5.41, 5.74) is 12.0. The first-order valence-corrected chi connectivity index (χ1v) is 10.7. The number of carbonyl (C=O) groups is 1. The summed E-state index contributed by atoms with van der Waals surface area (Å²) in [4.78, 5) is 23.1. The number of nitrogens with two attached hydrogens (primary N) is 2. The van der Waals surface area contributed by atoms with Crippen LogP contribution in [0.1, 0.15) is 35.2 Å². The highest BCUT2D eigenvalue weighted by molar-refractivity contribution is 6.15. The van der Waals surface area contributed by atoms with E-state index in [1.807, 2.05) is 6.07 Å². The summed E-state index contributed by atoms with van der Waals surface area (Å²) in [6.45, 7) is 1.48. The Bertz CT molecular complexity index is 1210. The molecule has 1 unspecified atom stereocenters. The molecule has 2 atom stereocenters. The van der Waals surface area contributed by atoms with Gasteiger partial charge in [0.2, 0.25) is 5.88 Å². The molecule has 3 aromatic rings. The van der Waals surface area contributed by atoms with Crippen LogP contribution in [0.3, 0.4) is 0 Å². The third-order valence-corrected chi connectivity index (χ3v) is 6.30. The summed E-state index contributed by atoms with van der Waals surface area (Å²) in [5, 5.41) is 2.78. The van der Waals surface area contributed by atoms with Crippen molar-refractivity contribution in [2.75, 3.05) is 29.0 Å². The topological polar surface area (TPSA) is 123 Å². The molecule has 1 amide bonds. The molecule has 0 spiro atoms. The van der Waals surface area contributed by atoms with Gasteiger partial charge in [-0.15, -0.1) is 0 Å². The Morgan fingerprint density at radius 2 is 2.00 bits per heavy atom. The average Bonchev–Trinajstić information content (AvgIpc) is 3.54. The van der Waals surface area contributed by atoms with Crippen LogP contribution in [0, 0.1) is 11.8 Å². The minimum atomic E-state index is -4.59. The lowest BCUT2D eigenvalue weighted by molar-refractivity contribution is -0.137. The van der Waals surface area contributed by atoms with Crippen molar-refractivity contribution >= 4 is 34.3 Å². The van der Waals surface area contributed by atoms with E-state index >= 15 is 0 Å². The molecule has 11 heteroatoms. The van der Waals surface area contributed by atoms with E-state index in [4.69, 9.17) is 15.9 Å². The minimum absolute atomic E-state index is 0.0292. The van der Waals surface area contributed by atoms with Gasteiger partial charge in [0.25, 0.3) is 5.91 Å². The lowest BCUT2D eigenvalue weighted by Crippen LogP contribution is -2.48. The maximum absolute atomic E-state index is 13.1. The van der Waals surface area contributed by atoms with Gasteiger partial charge >= 0.3 is 6.18 Å². The van der Waals surface area contributed by atoms with Crippen LogP contribution >= 0.6 is 0 Å². The normalized spacial score (nSPS) is 21.4. The Morgan fingerprint density at radius 3 is 2.73 bits per heavy atom. The number of fused-ring (bicyclic) bond motifs is 1. The van der Waals surface area contributed by atoms with Crippen molar-refractivity contribution in [1.82, 2.24) is 9.97 Å². The third-order valence-electron chi connectivity index (χ3n) is 6.30. The summed E-state index contributed by atoms with van der Waals surface area (Å²) in [6, 6.07) is 2.61. The van der Waals surface area contributed by atoms with Crippen LogP contribution in [0.15, 0.2) is 35.1 Å². The number of hydrogen-bond acceptors (Lipinski definition) is 7. The van der Waals surface area contributed by atoms with Crippen LogP contribution in [-0.4, -0.2) is 35.0 Å². The highest BCUT2D eigenvalue weighted by Crippen LogP contribution is 2.42. The third kappa shape index (κ3) is 4.20. The quantitative estimate of drug-likeness (QED) is 0.543. The van der Waals surface area contributed by atoms with Gasteiger partial charge in [-0.2, -0.15) is 13.2 Å². The fraction of sp³-hybridized carbons (Fsp3) is 0.409. The smallest absolute Gasteiger partial charge is 0.418 e. The van der Waals surface area contributed by atoms with Gasteiger partial charge in [0.1, 0.15) is 11.1 Å². The molecule has 1 saturated heterocycles. The summed E-state index contributed by atoms with van der Waals surface area (Å²) < 4.78 is 44.2. The zero-order valence-corrected chi connectivity index (χ0v) is 17.6. The molecule has 2 fully saturated rings. The second-order valence-corrected chi connectivity index (χ2v) is 8.76. The van der Waals surface area contributed by atoms with Crippen molar-refractivity contribution < 1.29 is 22.4 Å². The molecule has 174 valence electrons. The molecule has 0 aromatic carbocycles. The molecule has 0 radical (unpaired) electrons. The van der Waals surface area contributed by atoms with Crippen LogP contribution in [0.4, 0.5) is 30.4 Å². The Labute approximate surface area is 187 Å². The molecule has 5 rings (SSSR count). The molecule has 5 N–H and O–H groups in total. The first-order valence-electron chi connectivity index (χ1n) is 10.7. The van der Waals surface area contributed by atoms with Gasteiger partial charge in [-0.1, -0.05) is 0 Å². The maximum Gasteiger partial charge on any atom is 0.418 e. The Kier molecular flexibility index (Phi) is 5.15. The number of anilines is 3. The number of alkyl halides is 3. The van der Waals surface area contributed by atoms with Crippen molar-refractivity contribution in [3.8, 4) is 0 Å². The Hall–Kier alpha value is -3.34. The number of aromatic nitrogens is 2. The molecule has 3 aromatic heterocycles. The van der Waals surface area contributed by atoms with Gasteiger partial charge in [0.15, 0.2) is 5.58 Å². The van der Waals surface area contributed by atoms with E-state index in [1.54, 1.807) is 6.20 Å². The van der Waals surface area contributed by atoms with E-state index in [0.717, 1.165) is 24.7 Å². The fourth-order valence-corrected chi connectivity index (χ4v) is 4.60. The number of rotatable bonds is 4. The SMILES string of the molecule is Nc1oc2cc(C(F)(F)F)cnc2c1C(=O)Nc1cnccc1N1CC(C2CC2)C[C@H](N)C1. The van der Waals surface area contributed by atoms with Gasteiger partial charge < -0.3 is 26.1 Å². The first-order chi connectivity index (χ1) is 15.7. The average molecular weight is 460 g/mol. The number of pyridine rings is 2. The molecule has 1 aliphatic heterocycles. The van der Waals surface area contributed by atoms with Gasteiger partial charge in [-0.3, -0.25) is 14.8 Å². The summed E-state index contributed by atoms with van der Waals surface area (Å²) in [5.74, 6) is 0.246. The molecule has 33 heavy (non-hydrogen) atoms. The number of hydrogen-bond donors (Lipinski definition) is 3. The summed E-state index contributed by atoms with van der Waals surface area (Å²) in [7, 11) is 0. The standard InChI is InChI=1S/C22H23F3N6O2/c23-22(24,25)13-6-17-19(29-7-13)18(20(27)33-17)21(32)30-15-8-28-4-3-16(15)31-9-12(11-1-2-11)5-14(26)10-31/h3-4,6-8,11-12,14H,1-2,5,9-10,26-27H2,(H,30,32)/t12?,14-/m0/s1. The van der Waals surface area contributed by atoms with Crippen LogP contribution in [0.5, 0.6) is 0 Å². The van der Waals surface area contributed by atoms with E-state index in [0.29, 0.717) is 30.3 Å². The first kappa shape index (κ1) is 21.5. The van der Waals surface area contributed by atoms with E-state index in [-0.39, 0.29) is 28.6 Å². The van der Waals surface area contributed by atoms with Crippen LogP contribution in [0.25, 0.3) is 11.1 Å². The Morgan fingerprint density at radius 1 is 1.21 bits per heavy atom. The number of halogens is 3. The van der Waals surface area contributed by atoms with E-state index in [1.165, 1.54) is 19.0 Å². The van der Waals surface area contributed by atoms with Crippen molar-refractivity contribution in [3.63, 3.8) is 0 Å². The molecule has 8 nitrogen and oxygen atoms in total. The van der Waals surface area contributed by atoms with Crippen molar-refractivity contribution in [2.24, 2.45) is 17.6 Å². The van der Waals surface area contributed by atoms with E-state index in [9.17, 15) is 18.0 Å². The summed E-state index contributed by atoms with van der Waals surface area (Å²) in [6.07, 6.45) is 2.64. The van der Waals surface area contributed by atoms with Crippen LogP contribution in [0.2, 0.25) is 0 Å². The lowest BCUT2D eigenvalue weighted by Gasteiger charge is -2.38. The number of nitrogens with zero attached hydrogens (tertiary/aromatic N) is 3. The number of piperidine rings is 1. The van der Waals surface area contributed by atoms with E-state index < -0.39 is 17.6 Å². The lowest BCUT2D eigenvalue weighted by atomic mass is 9.90. The van der Waals surface area contributed by atoms with Crippen molar-refractivity contribution in [3.05, 3.63) is 41.9 Å². The molecular weight excluding hydrogens is 437 g/mol. The monoisotopic (exact) mass is 460 g/mol. The number of nitrogens with one attached hydrogen (secondary N) is 1. The Balaban J connectivity index is 1.43. The molecular formula is C22H23F3N6O2. The van der Waals surface area contributed by atoms with Gasteiger partial charge in [0.05, 0.1) is 23.1 Å².